The Hall–Kier alpha value is -1.75. The summed E-state index contributed by atoms with van der Waals surface area (Å²) in [4.78, 5) is 4.87. The van der Waals surface area contributed by atoms with Gasteiger partial charge in [-0.25, -0.2) is 4.98 Å². The van der Waals surface area contributed by atoms with Crippen molar-refractivity contribution in [2.75, 3.05) is 13.1 Å². The van der Waals surface area contributed by atoms with Gasteiger partial charge in [0, 0.05) is 23.9 Å². The van der Waals surface area contributed by atoms with Gasteiger partial charge in [-0.05, 0) is 67.6 Å². The third-order valence-electron chi connectivity index (χ3n) is 5.91. The summed E-state index contributed by atoms with van der Waals surface area (Å²) in [7, 11) is 0. The maximum Gasteiger partial charge on any atom is 0.137 e. The molecule has 0 amide bonds. The Morgan fingerprint density at radius 1 is 1.12 bits per heavy atom. The van der Waals surface area contributed by atoms with E-state index in [0.717, 1.165) is 41.8 Å². The molecule has 2 aliphatic rings. The number of pyridine rings is 1. The molecule has 1 saturated heterocycles. The number of aromatic nitrogens is 2. The highest BCUT2D eigenvalue weighted by molar-refractivity contribution is 6.44. The molecule has 4 nitrogen and oxygen atoms in total. The number of halogens is 2. The smallest absolute Gasteiger partial charge is 0.137 e. The van der Waals surface area contributed by atoms with Crippen molar-refractivity contribution in [1.82, 2.24) is 14.7 Å². The minimum atomic E-state index is 0.117. The molecule has 6 heteroatoms. The SMILES string of the molecule is Oc1ccc(Cl)c(Cl)c1-c1ccn2cc(C3CC4CNCC4C3)nc2c1. The van der Waals surface area contributed by atoms with Gasteiger partial charge in [0.05, 0.1) is 15.7 Å². The maximum atomic E-state index is 10.2. The Bertz CT molecular complexity index is 988. The largest absolute Gasteiger partial charge is 0.507 e. The summed E-state index contributed by atoms with van der Waals surface area (Å²) in [6.07, 6.45) is 6.54. The lowest BCUT2D eigenvalue weighted by Crippen LogP contribution is -2.11. The molecule has 2 unspecified atom stereocenters. The minimum Gasteiger partial charge on any atom is -0.507 e. The highest BCUT2D eigenvalue weighted by atomic mass is 35.5. The van der Waals surface area contributed by atoms with Gasteiger partial charge in [0.1, 0.15) is 11.4 Å². The Morgan fingerprint density at radius 2 is 1.88 bits per heavy atom. The first kappa shape index (κ1) is 16.4. The van der Waals surface area contributed by atoms with E-state index in [0.29, 0.717) is 21.5 Å². The van der Waals surface area contributed by atoms with E-state index in [1.54, 1.807) is 12.1 Å². The zero-order chi connectivity index (χ0) is 17.8. The fourth-order valence-corrected chi connectivity index (χ4v) is 5.00. The molecule has 5 rings (SSSR count). The zero-order valence-electron chi connectivity index (χ0n) is 14.1. The van der Waals surface area contributed by atoms with Crippen LogP contribution in [0.1, 0.15) is 24.5 Å². The molecule has 1 aliphatic carbocycles. The summed E-state index contributed by atoms with van der Waals surface area (Å²) in [5.41, 5.74) is 3.39. The minimum absolute atomic E-state index is 0.117. The van der Waals surface area contributed by atoms with Crippen LogP contribution < -0.4 is 5.32 Å². The Balaban J connectivity index is 1.52. The maximum absolute atomic E-state index is 10.2. The molecule has 2 atom stereocenters. The number of hydrogen-bond donors (Lipinski definition) is 2. The lowest BCUT2D eigenvalue weighted by Gasteiger charge is -2.09. The van der Waals surface area contributed by atoms with E-state index < -0.39 is 0 Å². The van der Waals surface area contributed by atoms with Crippen molar-refractivity contribution >= 4 is 28.8 Å². The van der Waals surface area contributed by atoms with Crippen molar-refractivity contribution in [3.8, 4) is 16.9 Å². The van der Waals surface area contributed by atoms with E-state index in [4.69, 9.17) is 28.2 Å². The molecule has 26 heavy (non-hydrogen) atoms. The van der Waals surface area contributed by atoms with Crippen LogP contribution in [-0.4, -0.2) is 27.6 Å². The Morgan fingerprint density at radius 3 is 2.65 bits per heavy atom. The second-order valence-corrected chi connectivity index (χ2v) is 8.23. The van der Waals surface area contributed by atoms with Gasteiger partial charge in [-0.2, -0.15) is 0 Å². The number of rotatable bonds is 2. The number of hydrogen-bond acceptors (Lipinski definition) is 3. The van der Waals surface area contributed by atoms with Gasteiger partial charge in [0.25, 0.3) is 0 Å². The summed E-state index contributed by atoms with van der Waals surface area (Å²) in [5, 5.41) is 14.5. The molecule has 0 bridgehead atoms. The van der Waals surface area contributed by atoms with E-state index in [9.17, 15) is 5.11 Å². The molecular formula is C20H19Cl2N3O. The summed E-state index contributed by atoms with van der Waals surface area (Å²) in [6, 6.07) is 7.05. The number of phenolic OH excluding ortho intramolecular Hbond substituents is 1. The highest BCUT2D eigenvalue weighted by Crippen LogP contribution is 2.44. The van der Waals surface area contributed by atoms with E-state index in [1.807, 2.05) is 22.7 Å². The Labute approximate surface area is 161 Å². The summed E-state index contributed by atoms with van der Waals surface area (Å²) in [6.45, 7) is 2.29. The van der Waals surface area contributed by atoms with E-state index in [1.165, 1.54) is 12.8 Å². The fraction of sp³-hybridized carbons (Fsp3) is 0.350. The molecule has 0 spiro atoms. The van der Waals surface area contributed by atoms with Gasteiger partial charge in [-0.15, -0.1) is 0 Å². The van der Waals surface area contributed by atoms with Crippen molar-refractivity contribution in [3.63, 3.8) is 0 Å². The molecule has 2 N–H and O–H groups in total. The molecule has 2 fully saturated rings. The van der Waals surface area contributed by atoms with Crippen molar-refractivity contribution in [1.29, 1.82) is 0 Å². The van der Waals surface area contributed by atoms with Crippen LogP contribution in [0.3, 0.4) is 0 Å². The van der Waals surface area contributed by atoms with Crippen molar-refractivity contribution < 1.29 is 5.11 Å². The molecule has 1 aliphatic heterocycles. The molecule has 1 saturated carbocycles. The van der Waals surface area contributed by atoms with E-state index in [2.05, 4.69) is 11.5 Å². The first-order valence-electron chi connectivity index (χ1n) is 8.97. The highest BCUT2D eigenvalue weighted by Gasteiger charge is 2.38. The fourth-order valence-electron chi connectivity index (χ4n) is 4.58. The van der Waals surface area contributed by atoms with Crippen LogP contribution in [0, 0.1) is 11.8 Å². The van der Waals surface area contributed by atoms with Crippen LogP contribution >= 0.6 is 23.2 Å². The second kappa shape index (κ2) is 6.15. The summed E-state index contributed by atoms with van der Waals surface area (Å²) < 4.78 is 2.04. The van der Waals surface area contributed by atoms with Gasteiger partial charge in [-0.1, -0.05) is 23.2 Å². The molecule has 134 valence electrons. The van der Waals surface area contributed by atoms with Crippen molar-refractivity contribution in [2.45, 2.75) is 18.8 Å². The van der Waals surface area contributed by atoms with Gasteiger partial charge in [0.2, 0.25) is 0 Å². The monoisotopic (exact) mass is 387 g/mol. The number of imidazole rings is 1. The van der Waals surface area contributed by atoms with Gasteiger partial charge in [0.15, 0.2) is 0 Å². The average molecular weight is 388 g/mol. The van der Waals surface area contributed by atoms with Crippen LogP contribution in [0.15, 0.2) is 36.7 Å². The number of benzene rings is 1. The predicted molar refractivity (Wildman–Crippen MR) is 104 cm³/mol. The van der Waals surface area contributed by atoms with Crippen molar-refractivity contribution in [2.24, 2.45) is 11.8 Å². The van der Waals surface area contributed by atoms with Crippen molar-refractivity contribution in [3.05, 3.63) is 52.4 Å². The molecule has 3 aromatic rings. The zero-order valence-corrected chi connectivity index (χ0v) is 15.6. The second-order valence-electron chi connectivity index (χ2n) is 7.45. The van der Waals surface area contributed by atoms with E-state index in [-0.39, 0.29) is 5.75 Å². The third kappa shape index (κ3) is 2.59. The lowest BCUT2D eigenvalue weighted by atomic mass is 10.0. The Kier molecular flexibility index (Phi) is 3.89. The van der Waals surface area contributed by atoms with Crippen LogP contribution in [0.5, 0.6) is 5.75 Å². The number of nitrogens with zero attached hydrogens (tertiary/aromatic N) is 2. The first-order chi connectivity index (χ1) is 12.6. The average Bonchev–Trinajstić information content (AvgIpc) is 3.31. The van der Waals surface area contributed by atoms with Crippen LogP contribution in [-0.2, 0) is 0 Å². The van der Waals surface area contributed by atoms with Crippen LogP contribution in [0.4, 0.5) is 0 Å². The van der Waals surface area contributed by atoms with Crippen LogP contribution in [0.2, 0.25) is 10.0 Å². The normalized spacial score (nSPS) is 25.1. The van der Waals surface area contributed by atoms with E-state index >= 15 is 0 Å². The van der Waals surface area contributed by atoms with Gasteiger partial charge >= 0.3 is 0 Å². The molecule has 2 aromatic heterocycles. The quantitative estimate of drug-likeness (QED) is 0.668. The number of phenols is 1. The number of fused-ring (bicyclic) bond motifs is 2. The summed E-state index contributed by atoms with van der Waals surface area (Å²) >= 11 is 12.4. The molecule has 0 radical (unpaired) electrons. The van der Waals surface area contributed by atoms with Gasteiger partial charge in [-0.3, -0.25) is 0 Å². The number of nitrogens with one attached hydrogen (secondary N) is 1. The lowest BCUT2D eigenvalue weighted by molar-refractivity contribution is 0.477. The van der Waals surface area contributed by atoms with Crippen LogP contribution in [0.25, 0.3) is 16.8 Å². The predicted octanol–water partition coefficient (Wildman–Crippen LogP) is 4.73. The molecule has 3 heterocycles. The topological polar surface area (TPSA) is 49.6 Å². The first-order valence-corrected chi connectivity index (χ1v) is 9.72. The molecule has 1 aromatic carbocycles. The standard InChI is InChI=1S/C20H19Cl2N3O/c21-15-1-2-17(26)19(20(15)22)11-3-4-25-10-16(24-18(25)7-11)12-5-13-8-23-9-14(13)6-12/h1-4,7,10,12-14,23,26H,5-6,8-9H2. The molecular weight excluding hydrogens is 369 g/mol. The number of aromatic hydroxyl groups is 1. The van der Waals surface area contributed by atoms with Gasteiger partial charge < -0.3 is 14.8 Å². The summed E-state index contributed by atoms with van der Waals surface area (Å²) in [5.74, 6) is 2.25. The third-order valence-corrected chi connectivity index (χ3v) is 6.72.